The minimum atomic E-state index is -1.27. The molecule has 1 N–H and O–H groups in total. The van der Waals surface area contributed by atoms with Crippen LogP contribution < -0.4 is 4.74 Å². The van der Waals surface area contributed by atoms with Gasteiger partial charge in [-0.15, -0.1) is 0 Å². The maximum atomic E-state index is 14.8. The molecule has 1 fully saturated rings. The fraction of sp³-hybridized carbons (Fsp3) is 0.367. The third-order valence-electron chi connectivity index (χ3n) is 7.20. The Morgan fingerprint density at radius 3 is 2.63 bits per heavy atom. The minimum absolute atomic E-state index is 0.0824. The molecular weight excluding hydrogens is 546 g/mol. The molecule has 2 aromatic heterocycles. The number of β-amino-alcohol motifs (C(OH)–C–C–N with tert-alkyl or cyclic N) is 1. The summed E-state index contributed by atoms with van der Waals surface area (Å²) in [6, 6.07) is 12.7. The molecule has 1 aliphatic heterocycles. The molecule has 3 heterocycles. The molecule has 1 unspecified atom stereocenters. The van der Waals surface area contributed by atoms with Crippen molar-refractivity contribution in [2.45, 2.75) is 44.9 Å². The first-order valence-electron chi connectivity index (χ1n) is 13.6. The van der Waals surface area contributed by atoms with Gasteiger partial charge in [-0.2, -0.15) is 5.10 Å². The Balaban J connectivity index is 1.57. The summed E-state index contributed by atoms with van der Waals surface area (Å²) in [7, 11) is 0.313. The fourth-order valence-corrected chi connectivity index (χ4v) is 5.64. The summed E-state index contributed by atoms with van der Waals surface area (Å²) in [6.07, 6.45) is 1.27. The van der Waals surface area contributed by atoms with Crippen LogP contribution in [-0.4, -0.2) is 71.7 Å². The average molecular weight is 581 g/mol. The summed E-state index contributed by atoms with van der Waals surface area (Å²) in [6.45, 7) is 8.03. The van der Waals surface area contributed by atoms with Crippen molar-refractivity contribution in [1.29, 1.82) is 0 Å². The zero-order valence-corrected chi connectivity index (χ0v) is 24.7. The van der Waals surface area contributed by atoms with Gasteiger partial charge in [-0.05, 0) is 48.4 Å². The number of likely N-dealkylation sites (tertiary alicyclic amines) is 1. The van der Waals surface area contributed by atoms with Crippen molar-refractivity contribution in [3.05, 3.63) is 65.9 Å². The molecule has 0 saturated carbocycles. The molecule has 41 heavy (non-hydrogen) atoms. The Labute approximate surface area is 238 Å². The van der Waals surface area contributed by atoms with E-state index in [1.807, 2.05) is 24.3 Å². The third-order valence-corrected chi connectivity index (χ3v) is 8.91. The highest BCUT2D eigenvalue weighted by Gasteiger charge is 2.29. The maximum absolute atomic E-state index is 14.8. The van der Waals surface area contributed by atoms with Crippen molar-refractivity contribution >= 4 is 25.0 Å². The van der Waals surface area contributed by atoms with E-state index in [2.05, 4.69) is 24.6 Å². The second kappa shape index (κ2) is 11.7. The smallest absolute Gasteiger partial charge is 0.257 e. The van der Waals surface area contributed by atoms with Crippen LogP contribution in [0.4, 0.5) is 8.78 Å². The highest BCUT2D eigenvalue weighted by atomic mass is 28.3. The van der Waals surface area contributed by atoms with Crippen LogP contribution in [-0.2, 0) is 11.5 Å². The van der Waals surface area contributed by atoms with Crippen LogP contribution in [0.1, 0.15) is 16.8 Å². The van der Waals surface area contributed by atoms with Gasteiger partial charge in [0.2, 0.25) is 0 Å². The Kier molecular flexibility index (Phi) is 8.21. The molecule has 1 amide bonds. The predicted octanol–water partition coefficient (Wildman–Crippen LogP) is 5.57. The Morgan fingerprint density at radius 2 is 1.93 bits per heavy atom. The first-order chi connectivity index (χ1) is 19.6. The van der Waals surface area contributed by atoms with Crippen LogP contribution >= 0.6 is 0 Å². The van der Waals surface area contributed by atoms with Gasteiger partial charge in [-0.25, -0.2) is 18.4 Å². The van der Waals surface area contributed by atoms with E-state index < -0.39 is 31.7 Å². The highest BCUT2D eigenvalue weighted by Crippen LogP contribution is 2.36. The number of carbonyl (C=O) groups is 1. The van der Waals surface area contributed by atoms with Crippen molar-refractivity contribution in [2.24, 2.45) is 0 Å². The summed E-state index contributed by atoms with van der Waals surface area (Å²) in [4.78, 5) is 19.0. The van der Waals surface area contributed by atoms with E-state index in [1.165, 1.54) is 11.0 Å². The number of hydrogen-bond donors (Lipinski definition) is 1. The van der Waals surface area contributed by atoms with Crippen LogP contribution in [0.25, 0.3) is 33.4 Å². The van der Waals surface area contributed by atoms with E-state index in [9.17, 15) is 18.7 Å². The molecule has 4 aromatic rings. The number of methoxy groups -OCH3 is 1. The van der Waals surface area contributed by atoms with Crippen LogP contribution in [0, 0.1) is 11.6 Å². The number of para-hydroxylation sites is 1. The van der Waals surface area contributed by atoms with Crippen molar-refractivity contribution in [3.8, 4) is 28.1 Å². The lowest BCUT2D eigenvalue weighted by Gasteiger charge is -2.17. The number of nitrogens with zero attached hydrogens (tertiary/aromatic N) is 4. The Bertz CT molecular complexity index is 1590. The van der Waals surface area contributed by atoms with E-state index in [-0.39, 0.29) is 25.4 Å². The molecule has 2 aromatic carbocycles. The van der Waals surface area contributed by atoms with Gasteiger partial charge in [0.15, 0.2) is 17.3 Å². The number of carbonyl (C=O) groups excluding carboxylic acids is 1. The number of rotatable bonds is 9. The van der Waals surface area contributed by atoms with E-state index in [1.54, 1.807) is 24.1 Å². The molecule has 1 aliphatic rings. The van der Waals surface area contributed by atoms with Gasteiger partial charge >= 0.3 is 0 Å². The van der Waals surface area contributed by atoms with Gasteiger partial charge in [-0.1, -0.05) is 31.8 Å². The van der Waals surface area contributed by atoms with Gasteiger partial charge in [0.25, 0.3) is 5.91 Å². The van der Waals surface area contributed by atoms with Crippen LogP contribution in [0.2, 0.25) is 25.7 Å². The number of aliphatic hydroxyl groups is 1. The lowest BCUT2D eigenvalue weighted by atomic mass is 10.0. The first-order valence-corrected chi connectivity index (χ1v) is 17.3. The summed E-state index contributed by atoms with van der Waals surface area (Å²) in [5, 5.41) is 15.3. The van der Waals surface area contributed by atoms with Gasteiger partial charge in [-0.3, -0.25) is 4.79 Å². The lowest BCUT2D eigenvalue weighted by Crippen LogP contribution is -2.30. The number of benzene rings is 2. The molecule has 1 saturated heterocycles. The second-order valence-corrected chi connectivity index (χ2v) is 17.1. The summed E-state index contributed by atoms with van der Waals surface area (Å²) in [5.74, 6) is -2.39. The number of pyridine rings is 1. The SMILES string of the molecule is COc1ccccc1-c1nn(COCC[Si](C)(C)C)c2ncc(-c3cc(F)c(F)c(C(=O)N4CCC(O)C4)c3)cc12. The quantitative estimate of drug-likeness (QED) is 0.206. The van der Waals surface area contributed by atoms with Gasteiger partial charge in [0.1, 0.15) is 18.2 Å². The fourth-order valence-electron chi connectivity index (χ4n) is 4.88. The molecule has 1 atom stereocenters. The summed E-state index contributed by atoms with van der Waals surface area (Å²) < 4.78 is 42.8. The van der Waals surface area contributed by atoms with Gasteiger partial charge in [0.05, 0.1) is 18.8 Å². The molecular formula is C30H34F2N4O4Si. The topological polar surface area (TPSA) is 89.7 Å². The molecule has 216 valence electrons. The van der Waals surface area contributed by atoms with E-state index in [0.29, 0.717) is 46.6 Å². The zero-order valence-electron chi connectivity index (χ0n) is 23.7. The van der Waals surface area contributed by atoms with Crippen LogP contribution in [0.3, 0.4) is 0 Å². The monoisotopic (exact) mass is 580 g/mol. The number of aliphatic hydroxyl groups excluding tert-OH is 1. The lowest BCUT2D eigenvalue weighted by molar-refractivity contribution is 0.0759. The first kappa shape index (κ1) is 28.8. The van der Waals surface area contributed by atoms with Crippen molar-refractivity contribution < 1.29 is 28.2 Å². The zero-order chi connectivity index (χ0) is 29.3. The van der Waals surface area contributed by atoms with Crippen molar-refractivity contribution in [1.82, 2.24) is 19.7 Å². The Morgan fingerprint density at radius 1 is 1.15 bits per heavy atom. The average Bonchev–Trinajstić information content (AvgIpc) is 3.54. The number of aromatic nitrogens is 3. The normalized spacial score (nSPS) is 15.6. The highest BCUT2D eigenvalue weighted by molar-refractivity contribution is 6.76. The summed E-state index contributed by atoms with van der Waals surface area (Å²) >= 11 is 0. The largest absolute Gasteiger partial charge is 0.496 e. The van der Waals surface area contributed by atoms with Crippen LogP contribution in [0.15, 0.2) is 48.7 Å². The van der Waals surface area contributed by atoms with Crippen LogP contribution in [0.5, 0.6) is 5.75 Å². The second-order valence-electron chi connectivity index (χ2n) is 11.5. The molecule has 11 heteroatoms. The van der Waals surface area contributed by atoms with Gasteiger partial charge < -0.3 is 19.5 Å². The summed E-state index contributed by atoms with van der Waals surface area (Å²) in [5.41, 5.74) is 2.31. The predicted molar refractivity (Wildman–Crippen MR) is 156 cm³/mol. The Hall–Kier alpha value is -3.67. The van der Waals surface area contributed by atoms with Gasteiger partial charge in [0, 0.05) is 50.5 Å². The molecule has 8 nitrogen and oxygen atoms in total. The van der Waals surface area contributed by atoms with E-state index in [4.69, 9.17) is 14.6 Å². The van der Waals surface area contributed by atoms with Crippen molar-refractivity contribution in [2.75, 3.05) is 26.8 Å². The third kappa shape index (κ3) is 6.16. The number of halogens is 2. The molecule has 0 spiro atoms. The molecule has 0 bridgehead atoms. The number of fused-ring (bicyclic) bond motifs is 1. The number of amides is 1. The number of ether oxygens (including phenoxy) is 2. The van der Waals surface area contributed by atoms with Crippen molar-refractivity contribution in [3.63, 3.8) is 0 Å². The molecule has 0 aliphatic carbocycles. The molecule has 0 radical (unpaired) electrons. The number of hydrogen-bond acceptors (Lipinski definition) is 6. The van der Waals surface area contributed by atoms with E-state index >= 15 is 0 Å². The molecule has 5 rings (SSSR count). The minimum Gasteiger partial charge on any atom is -0.496 e. The maximum Gasteiger partial charge on any atom is 0.257 e. The van der Waals surface area contributed by atoms with E-state index in [0.717, 1.165) is 17.7 Å². The standard InChI is InChI=1S/C30H34F2N4O4Si/c1-39-26-8-6-5-7-22(26)28-24-14-20(16-33-29(24)36(34-28)18-40-11-12-41(2,3)4)19-13-23(27(32)25(31)15-19)30(38)35-10-9-21(37)17-35/h5-8,13-16,21,37H,9-12,17-18H2,1-4H3.